The van der Waals surface area contributed by atoms with Gasteiger partial charge in [-0.25, -0.2) is 26.3 Å². The highest BCUT2D eigenvalue weighted by Gasteiger charge is 2.47. The molecule has 2 aromatic heterocycles. The van der Waals surface area contributed by atoms with Crippen LogP contribution >= 0.6 is 23.2 Å². The summed E-state index contributed by atoms with van der Waals surface area (Å²) >= 11 is 12.1. The zero-order valence-electron chi connectivity index (χ0n) is 58.1. The molecule has 5 aromatic rings. The molecular weight excluding hydrogens is 1420 g/mol. The molecule has 0 radical (unpaired) electrons. The first-order valence-corrected chi connectivity index (χ1v) is 39.8. The molecular formula is C70H93Cl2F3N12O14S2. The monoisotopic (exact) mass is 1520 g/mol. The van der Waals surface area contributed by atoms with Crippen LogP contribution in [0.2, 0.25) is 10.0 Å². The summed E-state index contributed by atoms with van der Waals surface area (Å²) in [6.45, 7) is 5.67. The van der Waals surface area contributed by atoms with E-state index in [-0.39, 0.29) is 76.1 Å². The number of hydrogen-bond donors (Lipinski definition) is 6. The lowest BCUT2D eigenvalue weighted by molar-refractivity contribution is -0.159. The van der Waals surface area contributed by atoms with Crippen molar-refractivity contribution in [1.29, 1.82) is 0 Å². The van der Waals surface area contributed by atoms with Crippen molar-refractivity contribution < 1.29 is 77.2 Å². The van der Waals surface area contributed by atoms with E-state index in [4.69, 9.17) is 37.1 Å². The number of rotatable bonds is 32. The summed E-state index contributed by atoms with van der Waals surface area (Å²) in [5, 5.41) is 24.6. The van der Waals surface area contributed by atoms with Gasteiger partial charge >= 0.3 is 12.1 Å². The number of carbonyl (C=O) groups is 6. The number of ketones is 2. The highest BCUT2D eigenvalue weighted by molar-refractivity contribution is 7.89. The van der Waals surface area contributed by atoms with Crippen molar-refractivity contribution in [2.24, 2.45) is 17.8 Å². The number of alkyl halides is 3. The number of benzene rings is 3. The highest BCUT2D eigenvalue weighted by atomic mass is 35.5. The fourth-order valence-electron chi connectivity index (χ4n) is 14.0. The normalized spacial score (nSPS) is 20.7. The molecule has 4 saturated heterocycles. The Hall–Kier alpha value is -6.81. The van der Waals surface area contributed by atoms with Crippen molar-refractivity contribution in [3.8, 4) is 0 Å². The summed E-state index contributed by atoms with van der Waals surface area (Å²) in [7, 11) is -7.60. The number of halogens is 5. The number of hydrogen-bond acceptors (Lipinski definition) is 20. The second-order valence-corrected chi connectivity index (χ2v) is 31.9. The lowest BCUT2D eigenvalue weighted by Crippen LogP contribution is -2.55. The third-order valence-electron chi connectivity index (χ3n) is 19.4. The van der Waals surface area contributed by atoms with Gasteiger partial charge in [0.1, 0.15) is 24.2 Å². The minimum Gasteiger partial charge on any atom is -0.418 e. The maximum Gasteiger partial charge on any atom is 0.471 e. The van der Waals surface area contributed by atoms with Gasteiger partial charge in [0, 0.05) is 36.0 Å². The number of nitrogens with one attached hydrogen (secondary N) is 6. The van der Waals surface area contributed by atoms with Gasteiger partial charge in [0.25, 0.3) is 5.89 Å². The van der Waals surface area contributed by atoms with E-state index in [1.807, 2.05) is 49.4 Å². The molecule has 26 nitrogen and oxygen atoms in total. The fourth-order valence-corrected chi connectivity index (χ4v) is 15.7. The summed E-state index contributed by atoms with van der Waals surface area (Å²) in [6, 6.07) is 17.0. The summed E-state index contributed by atoms with van der Waals surface area (Å²) in [5.41, 5.74) is 2.60. The number of nitrogens with zero attached hydrogens (tertiary/aromatic N) is 6. The molecule has 0 unspecified atom stereocenters. The van der Waals surface area contributed by atoms with E-state index in [0.717, 1.165) is 113 Å². The van der Waals surface area contributed by atoms with Gasteiger partial charge in [-0.05, 0) is 149 Å². The molecule has 6 heterocycles. The number of ether oxygens (including phenoxy) is 2. The molecule has 4 amide bonds. The van der Waals surface area contributed by atoms with Crippen LogP contribution in [0.15, 0.2) is 87.8 Å². The topological polar surface area (TPSA) is 346 Å². The van der Waals surface area contributed by atoms with Crippen molar-refractivity contribution in [1.82, 2.24) is 60.8 Å². The standard InChI is InChI=1S/C36H47ClN6O7S.C34H46ClF3N6O7S/c1-3-7-29(33(44)35-41-40-32(50-35)20-25-8-5-4-6-9-25)39-34(45)31-21-28(49-23-26-10-13-27(37)14-11-26)22-43(31)36(46)30(42-51(2,47)48)15-12-24-16-18-38-19-17-24;1-52(48,49)43-26(12-9-21-13-15-39-16-14-21)32(47)44-19-25(50-20-23-7-10-24(35)11-8-23)18-28(44)31(46)40-27(17-22-5-3-2-4-6-22)29(45)30-41-33(51-42-30)34(36,37)38/h4-6,8-11,13-14,24,28-31,38,42H,3,7,12,15-23H2,1-2H3,(H,39,45);7-8,10-11,21-22,25-28,39,43H,2-6,9,12-20H2,1H3,(H,40,46)/t28-,29+,30-,31+;25-,26-,27+,28+/m11/s1. The summed E-state index contributed by atoms with van der Waals surface area (Å²) in [4.78, 5) is 89.9. The molecule has 5 fully saturated rings. The number of likely N-dealkylation sites (tertiary alicyclic amines) is 2. The molecule has 33 heteroatoms. The van der Waals surface area contributed by atoms with Crippen LogP contribution in [0.1, 0.15) is 172 Å². The Morgan fingerprint density at radius 3 is 1.55 bits per heavy atom. The molecule has 103 heavy (non-hydrogen) atoms. The van der Waals surface area contributed by atoms with Crippen LogP contribution in [0.5, 0.6) is 0 Å². The van der Waals surface area contributed by atoms with Crippen LogP contribution in [0.3, 0.4) is 0 Å². The van der Waals surface area contributed by atoms with Gasteiger partial charge in [0.05, 0.1) is 56.4 Å². The Labute approximate surface area is 608 Å². The summed E-state index contributed by atoms with van der Waals surface area (Å²) in [6.07, 6.45) is 7.13. The van der Waals surface area contributed by atoms with Crippen molar-refractivity contribution >= 4 is 78.4 Å². The number of aromatic nitrogens is 4. The number of Topliss-reactive ketones (excluding diaryl/α,β-unsaturated/α-hetero) is 2. The van der Waals surface area contributed by atoms with Crippen molar-refractivity contribution in [2.45, 2.75) is 197 Å². The van der Waals surface area contributed by atoms with Crippen LogP contribution < -0.4 is 30.7 Å². The number of amides is 4. The molecule has 3 aromatic carbocycles. The van der Waals surface area contributed by atoms with E-state index in [2.05, 4.69) is 55.6 Å². The maximum atomic E-state index is 14.3. The highest BCUT2D eigenvalue weighted by Crippen LogP contribution is 2.33. The van der Waals surface area contributed by atoms with Gasteiger partial charge in [0.15, 0.2) is 0 Å². The quantitative estimate of drug-likeness (QED) is 0.0222. The number of sulfonamides is 2. The minimum atomic E-state index is -4.97. The molecule has 0 bridgehead atoms. The van der Waals surface area contributed by atoms with Crippen LogP contribution in [-0.4, -0.2) is 182 Å². The van der Waals surface area contributed by atoms with Crippen molar-refractivity contribution in [3.63, 3.8) is 0 Å². The Balaban J connectivity index is 0.000000239. The van der Waals surface area contributed by atoms with Gasteiger partial charge in [-0.15, -0.1) is 10.2 Å². The SMILES string of the molecule is CCC[C@H](NC(=O)[C@@H]1C[C@@H](OCc2ccc(Cl)cc2)CN1C(=O)[C@@H](CCC1CCNCC1)NS(C)(=O)=O)C(=O)c1nnc(Cc2ccccc2)o1.CS(=O)(=O)N[C@H](CCC1CCNCC1)C(=O)N1C[C@H](OCc2ccc(Cl)cc2)C[C@H]1C(=O)N[C@@H](CC1CCCCC1)C(=O)c1noc(C(F)(F)F)n1. The Morgan fingerprint density at radius 1 is 0.612 bits per heavy atom. The molecule has 1 aliphatic carbocycles. The molecule has 564 valence electrons. The third kappa shape index (κ3) is 24.9. The molecule has 5 aliphatic rings. The van der Waals surface area contributed by atoms with E-state index in [1.54, 1.807) is 36.4 Å². The molecule has 8 atom stereocenters. The maximum absolute atomic E-state index is 14.3. The van der Waals surface area contributed by atoms with Gasteiger partial charge in [-0.1, -0.05) is 128 Å². The van der Waals surface area contributed by atoms with Gasteiger partial charge in [-0.2, -0.15) is 18.2 Å². The predicted molar refractivity (Wildman–Crippen MR) is 375 cm³/mol. The van der Waals surface area contributed by atoms with E-state index < -0.39 is 122 Å². The lowest BCUT2D eigenvalue weighted by Gasteiger charge is -2.31. The van der Waals surface area contributed by atoms with Crippen LogP contribution in [0.4, 0.5) is 13.2 Å². The van der Waals surface area contributed by atoms with Crippen LogP contribution in [-0.2, 0) is 74.5 Å². The third-order valence-corrected chi connectivity index (χ3v) is 21.3. The Kier molecular flexibility index (Phi) is 29.6. The van der Waals surface area contributed by atoms with Gasteiger partial charge in [-0.3, -0.25) is 28.8 Å². The van der Waals surface area contributed by atoms with E-state index in [1.165, 1.54) is 9.80 Å². The molecule has 4 aliphatic heterocycles. The second kappa shape index (κ2) is 37.9. The first kappa shape index (κ1) is 80.3. The van der Waals surface area contributed by atoms with Gasteiger partial charge in [0.2, 0.25) is 67.0 Å². The largest absolute Gasteiger partial charge is 0.471 e. The summed E-state index contributed by atoms with van der Waals surface area (Å²) < 4.78 is 117. The summed E-state index contributed by atoms with van der Waals surface area (Å²) in [5.74, 6) is -5.63. The zero-order valence-corrected chi connectivity index (χ0v) is 61.2. The minimum absolute atomic E-state index is 0.00656. The van der Waals surface area contributed by atoms with E-state index in [0.29, 0.717) is 54.0 Å². The number of carbonyl (C=O) groups excluding carboxylic acids is 6. The first-order chi connectivity index (χ1) is 49.1. The zero-order chi connectivity index (χ0) is 73.8. The first-order valence-electron chi connectivity index (χ1n) is 35.3. The van der Waals surface area contributed by atoms with E-state index >= 15 is 0 Å². The fraction of sp³-hybridized carbons (Fsp3) is 0.600. The Bertz CT molecular complexity index is 3840. The van der Waals surface area contributed by atoms with Gasteiger partial charge < -0.3 is 49.5 Å². The van der Waals surface area contributed by atoms with Crippen LogP contribution in [0.25, 0.3) is 0 Å². The lowest BCUT2D eigenvalue weighted by atomic mass is 9.84. The second-order valence-electron chi connectivity index (χ2n) is 27.5. The smallest absolute Gasteiger partial charge is 0.418 e. The van der Waals surface area contributed by atoms with Crippen molar-refractivity contribution in [3.05, 3.63) is 129 Å². The van der Waals surface area contributed by atoms with E-state index in [9.17, 15) is 58.8 Å². The average molecular weight is 1520 g/mol. The Morgan fingerprint density at radius 2 is 1.10 bits per heavy atom. The molecule has 10 rings (SSSR count). The average Bonchev–Trinajstić information content (AvgIpc) is 1.69. The molecule has 0 spiro atoms. The molecule has 6 N–H and O–H groups in total. The molecule has 1 saturated carbocycles. The number of piperidine rings is 2. The predicted octanol–water partition coefficient (Wildman–Crippen LogP) is 7.93. The van der Waals surface area contributed by atoms with Crippen molar-refractivity contribution in [2.75, 3.05) is 51.8 Å². The van der Waals surface area contributed by atoms with Crippen LogP contribution in [0, 0.1) is 17.8 Å².